The molecule has 0 spiro atoms. The minimum Gasteiger partial charge on any atom is -0.481 e. The third-order valence-corrected chi connectivity index (χ3v) is 17.2. The fraction of sp³-hybridized carbons (Fsp3) is 0.683. The predicted molar refractivity (Wildman–Crippen MR) is 374 cm³/mol. The van der Waals surface area contributed by atoms with Gasteiger partial charge < -0.3 is 106 Å². The van der Waals surface area contributed by atoms with Crippen LogP contribution in [0.3, 0.4) is 0 Å². The van der Waals surface area contributed by atoms with Gasteiger partial charge in [0.05, 0.1) is 31.3 Å². The van der Waals surface area contributed by atoms with Gasteiger partial charge in [0.25, 0.3) is 0 Å². The highest BCUT2D eigenvalue weighted by Gasteiger charge is 2.34. The first-order chi connectivity index (χ1) is 48.2. The number of carboxylic acids is 2. The molecule has 0 saturated heterocycles. The number of aliphatic carboxylic acids is 2. The molecular weight excluding hydrogens is 1380 g/mol. The van der Waals surface area contributed by atoms with Crippen LogP contribution in [-0.2, 0) is 77.9 Å². The van der Waals surface area contributed by atoms with Gasteiger partial charge in [0.15, 0.2) is 5.96 Å². The minimum atomic E-state index is -4.73. The number of nitrogens with one attached hydrogen (secondary N) is 9. The smallest absolute Gasteiger partial charge is 0.326 e. The number of nitrogens with zero attached hydrogens (tertiary/aromatic N) is 2. The van der Waals surface area contributed by atoms with E-state index < -0.39 is 155 Å². The van der Waals surface area contributed by atoms with Gasteiger partial charge in [-0.05, 0) is 128 Å². The average Bonchev–Trinajstić information content (AvgIpc) is 0.837. The van der Waals surface area contributed by atoms with Crippen molar-refractivity contribution in [3.8, 4) is 0 Å². The molecule has 0 aliphatic carbocycles. The largest absolute Gasteiger partial charge is 0.481 e. The number of carbonyl (C=O) groups is 13. The number of guanidine groups is 1. The summed E-state index contributed by atoms with van der Waals surface area (Å²) in [5.41, 5.74) is 28.3. The minimum absolute atomic E-state index is 0.00212. The number of unbranched alkanes of at least 4 members (excludes halogenated alkanes) is 9. The average molecular weight is 1490 g/mol. The van der Waals surface area contributed by atoms with E-state index in [-0.39, 0.29) is 114 Å². The quantitative estimate of drug-likeness (QED) is 0.0141. The van der Waals surface area contributed by atoms with Crippen molar-refractivity contribution in [2.45, 2.75) is 210 Å². The topological polar surface area (TPSA) is 631 Å². The molecule has 0 radical (unpaired) electrons. The van der Waals surface area contributed by atoms with Gasteiger partial charge in [-0.3, -0.25) is 76.6 Å². The molecule has 1 aromatic carbocycles. The second-order valence-electron chi connectivity index (χ2n) is 24.5. The predicted octanol–water partition coefficient (Wildman–Crippen LogP) is -2.34. The summed E-state index contributed by atoms with van der Waals surface area (Å²) >= 11 is 0. The van der Waals surface area contributed by atoms with Gasteiger partial charge in [-0.2, -0.15) is 0 Å². The van der Waals surface area contributed by atoms with Crippen molar-refractivity contribution in [3.63, 3.8) is 0 Å². The lowest BCUT2D eigenvalue weighted by molar-refractivity contribution is -0.145. The van der Waals surface area contributed by atoms with E-state index >= 15 is 0 Å². The van der Waals surface area contributed by atoms with E-state index in [1.54, 1.807) is 30.3 Å². The number of rotatable bonds is 58. The van der Waals surface area contributed by atoms with Crippen LogP contribution in [0.2, 0.25) is 0 Å². The fourth-order valence-corrected chi connectivity index (χ4v) is 10.9. The van der Waals surface area contributed by atoms with E-state index in [1.165, 1.54) is 0 Å². The van der Waals surface area contributed by atoms with Crippen molar-refractivity contribution in [2.75, 3.05) is 64.7 Å². The standard InChI is InChI=1S/C63H110N16O21P2/c64-31-13-2-7-26-50(80)69-33-15-3-8-27-51(81)70-34-16-4-9-28-52(82)71-35-17-11-24-46(76-60(91)48(40-43-20-5-1-6-21-43)78-61(92)49(41-56(86)87)74-53(83)42-73-57(88)44(66)22-19-36-72-63(67)68)58(89)75-45(23-10-14-32-65)59(90)77-47(62(93)94)25-12-18-37-79(54(84)29-38-101(95,96)97)55(85)30-39-102(98,99)100/h1,5-6,20-21,44-49H,2-4,7-19,22-42,64-66H2,(H,69,80)(H,70,81)(H,71,82)(H,73,88)(H,74,83)(H,75,89)(H,76,91)(H,77,90)(H,78,92)(H,86,87)(H,93,94)(H4,67,68,72)(H2,95,96,97)(H2,98,99,100)/t44-,45-,46-,47-,48+,49-/m0/s1. The molecule has 1 rings (SSSR count). The monoisotopic (exact) mass is 1490 g/mol. The molecule has 0 saturated carbocycles. The second kappa shape index (κ2) is 52.9. The number of hydrogen-bond donors (Lipinski definition) is 20. The highest BCUT2D eigenvalue weighted by atomic mass is 31.2. The van der Waals surface area contributed by atoms with Gasteiger partial charge in [-0.15, -0.1) is 0 Å². The molecule has 39 heteroatoms. The van der Waals surface area contributed by atoms with Gasteiger partial charge in [-0.1, -0.05) is 49.6 Å². The molecule has 0 aliphatic heterocycles. The van der Waals surface area contributed by atoms with Crippen LogP contribution >= 0.6 is 15.2 Å². The third kappa shape index (κ3) is 46.5. The van der Waals surface area contributed by atoms with Gasteiger partial charge >= 0.3 is 27.1 Å². The van der Waals surface area contributed by atoms with E-state index in [4.69, 9.17) is 28.7 Å². The molecule has 0 aromatic heterocycles. The number of carboxylic acid groups (broad SMARTS) is 2. The molecule has 0 bridgehead atoms. The molecule has 25 N–H and O–H groups in total. The Morgan fingerprint density at radius 2 is 0.873 bits per heavy atom. The van der Waals surface area contributed by atoms with Gasteiger partial charge in [0, 0.05) is 71.2 Å². The van der Waals surface area contributed by atoms with Crippen LogP contribution in [0.4, 0.5) is 0 Å². The van der Waals surface area contributed by atoms with Crippen LogP contribution in [0.25, 0.3) is 0 Å². The maximum atomic E-state index is 14.6. The highest BCUT2D eigenvalue weighted by Crippen LogP contribution is 2.36. The first-order valence-electron chi connectivity index (χ1n) is 34.5. The first-order valence-corrected chi connectivity index (χ1v) is 38.1. The molecule has 0 aliphatic rings. The number of nitrogens with two attached hydrogens (primary N) is 5. The second-order valence-corrected chi connectivity index (χ2v) is 28.1. The van der Waals surface area contributed by atoms with Gasteiger partial charge in [0.1, 0.15) is 30.2 Å². The number of imide groups is 1. The summed E-state index contributed by atoms with van der Waals surface area (Å²) in [6, 6.07) is -1.16. The number of benzene rings is 1. The molecule has 0 heterocycles. The molecule has 578 valence electrons. The van der Waals surface area contributed by atoms with E-state index in [2.05, 4.69) is 52.8 Å². The maximum absolute atomic E-state index is 14.6. The van der Waals surface area contributed by atoms with Crippen LogP contribution in [-0.4, -0.2) is 218 Å². The van der Waals surface area contributed by atoms with Crippen molar-refractivity contribution < 1.29 is 101 Å². The highest BCUT2D eigenvalue weighted by molar-refractivity contribution is 7.52. The zero-order valence-electron chi connectivity index (χ0n) is 58.0. The normalized spacial score (nSPS) is 13.0. The lowest BCUT2D eigenvalue weighted by Crippen LogP contribution is -2.59. The summed E-state index contributed by atoms with van der Waals surface area (Å²) in [6.45, 7) is 0.756. The van der Waals surface area contributed by atoms with E-state index in [0.717, 1.165) is 32.1 Å². The molecule has 0 unspecified atom stereocenters. The molecular formula is C63H110N16O21P2. The van der Waals surface area contributed by atoms with Crippen LogP contribution < -0.4 is 76.5 Å². The van der Waals surface area contributed by atoms with Crippen LogP contribution in [0.5, 0.6) is 0 Å². The Balaban J connectivity index is 3.39. The Bertz CT molecular complexity index is 2900. The first kappa shape index (κ1) is 92.0. The Morgan fingerprint density at radius 1 is 0.451 bits per heavy atom. The fourth-order valence-electron chi connectivity index (χ4n) is 9.98. The number of hydrogen-bond acceptors (Lipinski definition) is 19. The van der Waals surface area contributed by atoms with Crippen LogP contribution in [0.1, 0.15) is 173 Å². The van der Waals surface area contributed by atoms with Crippen molar-refractivity contribution >= 4 is 98.1 Å². The van der Waals surface area contributed by atoms with Crippen molar-refractivity contribution in [2.24, 2.45) is 33.7 Å². The molecule has 6 atom stereocenters. The molecule has 1 aromatic rings. The maximum Gasteiger partial charge on any atom is 0.326 e. The lowest BCUT2D eigenvalue weighted by Gasteiger charge is -2.27. The van der Waals surface area contributed by atoms with Gasteiger partial charge in [-0.25, -0.2) is 4.79 Å². The molecule has 37 nitrogen and oxygen atoms in total. The Morgan fingerprint density at radius 3 is 1.34 bits per heavy atom. The summed E-state index contributed by atoms with van der Waals surface area (Å²) in [6.07, 6.45) is 3.03. The number of aliphatic imine (C=N–C) groups is 1. The Labute approximate surface area is 593 Å². The van der Waals surface area contributed by atoms with Crippen molar-refractivity contribution in [1.82, 2.24) is 52.8 Å². The lowest BCUT2D eigenvalue weighted by atomic mass is 10.0. The van der Waals surface area contributed by atoms with E-state index in [1.807, 2.05) is 0 Å². The van der Waals surface area contributed by atoms with Crippen LogP contribution in [0.15, 0.2) is 35.3 Å². The number of amides is 11. The van der Waals surface area contributed by atoms with Crippen LogP contribution in [0, 0.1) is 0 Å². The summed E-state index contributed by atoms with van der Waals surface area (Å²) in [7, 11) is -9.45. The zero-order chi connectivity index (χ0) is 76.5. The SMILES string of the molecule is NCCCCCC(=O)NCCCCCC(=O)NCCCCCC(=O)NCCCC[C@H](NC(=O)[C@@H](Cc1ccccc1)NC(=O)[C@H](CC(=O)O)NC(=O)CNC(=O)[C@@H](N)CCCN=C(N)N)C(=O)N[C@@H](CCCCN)C(=O)N[C@@H](CCCCN(C(=O)CCP(=O)(O)O)C(=O)CCP(=O)(O)O)C(=O)O. The van der Waals surface area contributed by atoms with E-state index in [0.29, 0.717) is 81.5 Å². The van der Waals surface area contributed by atoms with Crippen molar-refractivity contribution in [1.29, 1.82) is 0 Å². The summed E-state index contributed by atoms with van der Waals surface area (Å²) in [5, 5.41) is 43.2. The van der Waals surface area contributed by atoms with Gasteiger partial charge in [0.2, 0.25) is 65.0 Å². The zero-order valence-corrected chi connectivity index (χ0v) is 59.8. The van der Waals surface area contributed by atoms with E-state index in [9.17, 15) is 101 Å². The number of carbonyl (C=O) groups excluding carboxylic acids is 11. The molecule has 11 amide bonds. The summed E-state index contributed by atoms with van der Waals surface area (Å²) in [4.78, 5) is 213. The summed E-state index contributed by atoms with van der Waals surface area (Å²) in [5.74, 6) is -11.7. The third-order valence-electron chi connectivity index (χ3n) is 15.6. The molecule has 102 heavy (non-hydrogen) atoms. The Hall–Kier alpha value is -8.02. The summed E-state index contributed by atoms with van der Waals surface area (Å²) < 4.78 is 23.0. The van der Waals surface area contributed by atoms with Crippen molar-refractivity contribution in [3.05, 3.63) is 35.9 Å². The molecule has 0 fully saturated rings. The Kier molecular flexibility index (Phi) is 47.7.